The van der Waals surface area contributed by atoms with Gasteiger partial charge >= 0.3 is 0 Å². The summed E-state index contributed by atoms with van der Waals surface area (Å²) in [4.78, 5) is 10.3. The van der Waals surface area contributed by atoms with E-state index in [9.17, 15) is 4.39 Å². The topological polar surface area (TPSA) is 34.5 Å². The fraction of sp³-hybridized carbons (Fsp3) is 0.111. The van der Waals surface area contributed by atoms with Crippen molar-refractivity contribution in [3.8, 4) is 17.0 Å². The number of fused-ring (bicyclic) bond motifs is 3. The molecular weight excluding hydrogens is 391 g/mol. The first-order valence-electron chi connectivity index (χ1n) is 7.31. The highest BCUT2D eigenvalue weighted by molar-refractivity contribution is 9.10. The molecule has 0 unspecified atom stereocenters. The van der Waals surface area contributed by atoms with Crippen LogP contribution in [0.2, 0.25) is 0 Å². The van der Waals surface area contributed by atoms with Gasteiger partial charge in [0.1, 0.15) is 11.6 Å². The Morgan fingerprint density at radius 3 is 2.79 bits per heavy atom. The van der Waals surface area contributed by atoms with E-state index in [4.69, 9.17) is 4.74 Å². The third-order valence-electron chi connectivity index (χ3n) is 3.89. The lowest BCUT2D eigenvalue weighted by molar-refractivity contribution is 0.416. The third-order valence-corrected chi connectivity index (χ3v) is 5.60. The number of halogens is 2. The molecule has 3 nitrogen and oxygen atoms in total. The maximum absolute atomic E-state index is 12.9. The highest BCUT2D eigenvalue weighted by Crippen LogP contribution is 2.48. The fourth-order valence-electron chi connectivity index (χ4n) is 2.75. The third kappa shape index (κ3) is 2.65. The Morgan fingerprint density at radius 1 is 1.25 bits per heavy atom. The highest BCUT2D eigenvalue weighted by Gasteiger charge is 2.28. The molecule has 0 amide bonds. The smallest absolute Gasteiger partial charge is 0.209 e. The van der Waals surface area contributed by atoms with Gasteiger partial charge in [-0.15, -0.1) is 0 Å². The predicted octanol–water partition coefficient (Wildman–Crippen LogP) is 5.38. The van der Waals surface area contributed by atoms with Crippen LogP contribution < -0.4 is 4.74 Å². The predicted molar refractivity (Wildman–Crippen MR) is 98.3 cm³/mol. The van der Waals surface area contributed by atoms with E-state index in [0.717, 1.165) is 33.5 Å². The number of rotatable bonds is 3. The molecule has 6 heteroatoms. The molecule has 1 aromatic heterocycles. The van der Waals surface area contributed by atoms with Crippen LogP contribution in [0.25, 0.3) is 11.3 Å². The van der Waals surface area contributed by atoms with Crippen LogP contribution >= 0.6 is 27.3 Å². The van der Waals surface area contributed by atoms with Gasteiger partial charge in [-0.1, -0.05) is 39.4 Å². The van der Waals surface area contributed by atoms with E-state index in [2.05, 4.69) is 25.9 Å². The Hall–Kier alpha value is -2.05. The van der Waals surface area contributed by atoms with Gasteiger partial charge in [-0.05, 0) is 35.4 Å². The molecule has 0 spiro atoms. The van der Waals surface area contributed by atoms with Crippen molar-refractivity contribution in [3.63, 3.8) is 0 Å². The van der Waals surface area contributed by atoms with E-state index in [1.165, 1.54) is 22.6 Å². The molecule has 4 rings (SSSR count). The Balaban J connectivity index is 1.69. The summed E-state index contributed by atoms with van der Waals surface area (Å²) in [7, 11) is 1.67. The van der Waals surface area contributed by atoms with Crippen LogP contribution in [0.3, 0.4) is 0 Å². The Bertz CT molecular complexity index is 950. The number of nitrogens with zero attached hydrogens (tertiary/aromatic N) is 2. The number of ether oxygens (including phenoxy) is 1. The number of benzene rings is 2. The average Bonchev–Trinajstić information content (AvgIpc) is 3.13. The molecule has 0 atom stereocenters. The normalized spacial score (nSPS) is 12.5. The number of aromatic nitrogens is 1. The summed E-state index contributed by atoms with van der Waals surface area (Å²) in [6.07, 6.45) is 2.53. The summed E-state index contributed by atoms with van der Waals surface area (Å²) < 4.78 is 19.5. The molecule has 0 saturated heterocycles. The summed E-state index contributed by atoms with van der Waals surface area (Å²) in [5, 5.41) is 0.692. The van der Waals surface area contributed by atoms with Crippen molar-refractivity contribution >= 4 is 38.6 Å². The number of aliphatic imine (C=N–C) groups is 1. The van der Waals surface area contributed by atoms with Crippen molar-refractivity contribution in [2.45, 2.75) is 6.42 Å². The summed E-state index contributed by atoms with van der Waals surface area (Å²) in [6, 6.07) is 10.2. The van der Waals surface area contributed by atoms with E-state index >= 15 is 0 Å². The quantitative estimate of drug-likeness (QED) is 0.431. The zero-order valence-electron chi connectivity index (χ0n) is 12.7. The van der Waals surface area contributed by atoms with Crippen LogP contribution in [0.4, 0.5) is 9.52 Å². The minimum atomic E-state index is -0.255. The molecular formula is C18H12BrFN2OS. The Kier molecular flexibility index (Phi) is 3.94. The van der Waals surface area contributed by atoms with Crippen molar-refractivity contribution in [3.05, 3.63) is 62.7 Å². The van der Waals surface area contributed by atoms with Crippen molar-refractivity contribution < 1.29 is 9.13 Å². The van der Waals surface area contributed by atoms with Gasteiger partial charge in [-0.3, -0.25) is 0 Å². The van der Waals surface area contributed by atoms with Crippen molar-refractivity contribution in [2.75, 3.05) is 7.11 Å². The van der Waals surface area contributed by atoms with Crippen molar-refractivity contribution in [1.29, 1.82) is 0 Å². The van der Waals surface area contributed by atoms with E-state index in [1.54, 1.807) is 36.8 Å². The van der Waals surface area contributed by atoms with E-state index in [1.807, 2.05) is 12.1 Å². The molecule has 0 fully saturated rings. The van der Waals surface area contributed by atoms with Crippen LogP contribution in [0.1, 0.15) is 16.0 Å². The van der Waals surface area contributed by atoms with Gasteiger partial charge in [0.15, 0.2) is 0 Å². The Labute approximate surface area is 151 Å². The monoisotopic (exact) mass is 402 g/mol. The highest BCUT2D eigenvalue weighted by atomic mass is 79.9. The minimum absolute atomic E-state index is 0.255. The molecule has 1 aliphatic rings. The molecule has 0 aliphatic heterocycles. The van der Waals surface area contributed by atoms with Gasteiger partial charge in [0.2, 0.25) is 5.13 Å². The number of methoxy groups -OCH3 is 1. The lowest BCUT2D eigenvalue weighted by Gasteiger charge is -2.08. The van der Waals surface area contributed by atoms with Gasteiger partial charge in [0.25, 0.3) is 0 Å². The number of hydrogen-bond acceptors (Lipinski definition) is 4. The van der Waals surface area contributed by atoms with Gasteiger partial charge in [-0.2, -0.15) is 0 Å². The van der Waals surface area contributed by atoms with Gasteiger partial charge in [-0.25, -0.2) is 14.4 Å². The molecule has 0 radical (unpaired) electrons. The fourth-order valence-corrected chi connectivity index (χ4v) is 4.15. The maximum atomic E-state index is 12.9. The molecule has 0 bridgehead atoms. The average molecular weight is 403 g/mol. The molecule has 1 aliphatic carbocycles. The van der Waals surface area contributed by atoms with Crippen LogP contribution in [0.15, 0.2) is 45.9 Å². The minimum Gasteiger partial charge on any atom is -0.496 e. The zero-order chi connectivity index (χ0) is 16.7. The van der Waals surface area contributed by atoms with E-state index in [-0.39, 0.29) is 5.82 Å². The molecule has 24 heavy (non-hydrogen) atoms. The number of thiazole rings is 1. The lowest BCUT2D eigenvalue weighted by Crippen LogP contribution is -1.90. The SMILES string of the molecule is COc1ccc(Br)c2c1-c1nc(N=Cc3ccc(F)cc3)sc1C2. The largest absolute Gasteiger partial charge is 0.496 e. The van der Waals surface area contributed by atoms with Crippen molar-refractivity contribution in [1.82, 2.24) is 4.98 Å². The molecule has 0 saturated carbocycles. The first kappa shape index (κ1) is 15.5. The molecule has 3 aromatic rings. The van der Waals surface area contributed by atoms with Crippen LogP contribution in [0.5, 0.6) is 5.75 Å². The van der Waals surface area contributed by atoms with E-state index in [0.29, 0.717) is 5.13 Å². The second-order valence-electron chi connectivity index (χ2n) is 5.36. The lowest BCUT2D eigenvalue weighted by atomic mass is 10.1. The van der Waals surface area contributed by atoms with Crippen LogP contribution in [-0.4, -0.2) is 18.3 Å². The number of hydrogen-bond donors (Lipinski definition) is 0. The second kappa shape index (κ2) is 6.11. The van der Waals surface area contributed by atoms with Crippen LogP contribution in [-0.2, 0) is 6.42 Å². The molecule has 2 aromatic carbocycles. The zero-order valence-corrected chi connectivity index (χ0v) is 15.1. The molecule has 1 heterocycles. The maximum Gasteiger partial charge on any atom is 0.209 e. The van der Waals surface area contributed by atoms with Crippen LogP contribution in [0, 0.1) is 5.82 Å². The van der Waals surface area contributed by atoms with Gasteiger partial charge < -0.3 is 4.74 Å². The van der Waals surface area contributed by atoms with Gasteiger partial charge in [0, 0.05) is 27.5 Å². The first-order chi connectivity index (χ1) is 11.7. The summed E-state index contributed by atoms with van der Waals surface area (Å²) in [6.45, 7) is 0. The summed E-state index contributed by atoms with van der Waals surface area (Å²) in [5.41, 5.74) is 4.03. The first-order valence-corrected chi connectivity index (χ1v) is 8.91. The van der Waals surface area contributed by atoms with Crippen molar-refractivity contribution in [2.24, 2.45) is 4.99 Å². The van der Waals surface area contributed by atoms with E-state index < -0.39 is 0 Å². The molecule has 120 valence electrons. The Morgan fingerprint density at radius 2 is 2.04 bits per heavy atom. The standard InChI is InChI=1S/C18H12BrFN2OS/c1-23-14-7-6-13(19)12-8-15-17(16(12)14)22-18(24-15)21-9-10-2-4-11(20)5-3-10/h2-7,9H,8H2,1H3. The summed E-state index contributed by atoms with van der Waals surface area (Å²) in [5.74, 6) is 0.570. The second-order valence-corrected chi connectivity index (χ2v) is 7.27. The molecule has 0 N–H and O–H groups in total. The summed E-state index contributed by atoms with van der Waals surface area (Å²) >= 11 is 5.17. The van der Waals surface area contributed by atoms with Gasteiger partial charge in [0.05, 0.1) is 12.8 Å².